The van der Waals surface area contributed by atoms with Crippen molar-refractivity contribution >= 4 is 5.97 Å². The van der Waals surface area contributed by atoms with E-state index in [0.29, 0.717) is 6.54 Å². The average molecular weight is 251 g/mol. The highest BCUT2D eigenvalue weighted by Crippen LogP contribution is 2.30. The van der Waals surface area contributed by atoms with Crippen LogP contribution in [0.25, 0.3) is 0 Å². The van der Waals surface area contributed by atoms with Gasteiger partial charge in [-0.05, 0) is 17.0 Å². The lowest BCUT2D eigenvalue weighted by Gasteiger charge is -2.22. The molecule has 0 unspecified atom stereocenters. The number of carbonyl (C=O) groups excluding carboxylic acids is 1. The van der Waals surface area contributed by atoms with Crippen LogP contribution in [0.15, 0.2) is 24.3 Å². The van der Waals surface area contributed by atoms with Crippen LogP contribution in [-0.2, 0) is 14.9 Å². The number of hydrogen-bond donors (Lipinski definition) is 1. The van der Waals surface area contributed by atoms with E-state index in [9.17, 15) is 4.79 Å². The van der Waals surface area contributed by atoms with Crippen LogP contribution in [0, 0.1) is 0 Å². The molecule has 0 heterocycles. The van der Waals surface area contributed by atoms with Gasteiger partial charge in [-0.3, -0.25) is 0 Å². The van der Waals surface area contributed by atoms with Crippen molar-refractivity contribution in [2.45, 2.75) is 26.2 Å². The van der Waals surface area contributed by atoms with Crippen molar-refractivity contribution in [1.29, 1.82) is 0 Å². The van der Waals surface area contributed by atoms with E-state index in [0.717, 1.165) is 11.3 Å². The summed E-state index contributed by atoms with van der Waals surface area (Å²) in [6, 6.07) is 7.70. The van der Waals surface area contributed by atoms with Gasteiger partial charge >= 0.3 is 5.97 Å². The van der Waals surface area contributed by atoms with Gasteiger partial charge in [-0.15, -0.1) is 0 Å². The van der Waals surface area contributed by atoms with Gasteiger partial charge in [-0.1, -0.05) is 39.0 Å². The zero-order valence-corrected chi connectivity index (χ0v) is 11.2. The summed E-state index contributed by atoms with van der Waals surface area (Å²) in [6.07, 6.45) is 0. The van der Waals surface area contributed by atoms with E-state index in [1.54, 1.807) is 0 Å². The molecule has 4 heteroatoms. The van der Waals surface area contributed by atoms with Crippen molar-refractivity contribution in [2.75, 3.05) is 19.8 Å². The summed E-state index contributed by atoms with van der Waals surface area (Å²) < 4.78 is 10.4. The molecule has 0 aliphatic rings. The summed E-state index contributed by atoms with van der Waals surface area (Å²) in [5.41, 5.74) is 6.28. The number of nitrogens with two attached hydrogens (primary N) is 1. The van der Waals surface area contributed by atoms with Crippen molar-refractivity contribution in [1.82, 2.24) is 0 Å². The fraction of sp³-hybridized carbons (Fsp3) is 0.500. The molecule has 1 rings (SSSR count). The second-order valence-electron chi connectivity index (χ2n) is 5.04. The van der Waals surface area contributed by atoms with Crippen molar-refractivity contribution < 1.29 is 14.3 Å². The van der Waals surface area contributed by atoms with Crippen LogP contribution in [0.4, 0.5) is 0 Å². The maximum absolute atomic E-state index is 11.3. The van der Waals surface area contributed by atoms with Gasteiger partial charge in [-0.2, -0.15) is 0 Å². The molecule has 1 aromatic carbocycles. The fourth-order valence-corrected chi connectivity index (χ4v) is 1.56. The highest BCUT2D eigenvalue weighted by atomic mass is 16.6. The third-order valence-corrected chi connectivity index (χ3v) is 2.42. The van der Waals surface area contributed by atoms with Gasteiger partial charge < -0.3 is 15.2 Å². The third kappa shape index (κ3) is 4.37. The van der Waals surface area contributed by atoms with E-state index in [1.807, 2.05) is 24.3 Å². The number of para-hydroxylation sites is 1. The number of benzene rings is 1. The lowest BCUT2D eigenvalue weighted by atomic mass is 9.86. The van der Waals surface area contributed by atoms with Gasteiger partial charge in [0.15, 0.2) is 6.61 Å². The lowest BCUT2D eigenvalue weighted by Crippen LogP contribution is -2.20. The smallest absolute Gasteiger partial charge is 0.344 e. The Bertz CT molecular complexity index is 396. The van der Waals surface area contributed by atoms with E-state index in [4.69, 9.17) is 15.2 Å². The Morgan fingerprint density at radius 1 is 1.28 bits per heavy atom. The zero-order valence-electron chi connectivity index (χ0n) is 11.2. The summed E-state index contributed by atoms with van der Waals surface area (Å²) in [7, 11) is 0. The second-order valence-corrected chi connectivity index (χ2v) is 5.04. The minimum atomic E-state index is -0.399. The Morgan fingerprint density at radius 3 is 2.56 bits per heavy atom. The SMILES string of the molecule is CC(C)(C)c1ccccc1OCC(=O)OCCN. The van der Waals surface area contributed by atoms with Crippen LogP contribution in [0.2, 0.25) is 0 Å². The summed E-state index contributed by atoms with van der Waals surface area (Å²) in [4.78, 5) is 11.3. The van der Waals surface area contributed by atoms with Gasteiger partial charge in [0.1, 0.15) is 12.4 Å². The van der Waals surface area contributed by atoms with Crippen LogP contribution in [0.5, 0.6) is 5.75 Å². The quantitative estimate of drug-likeness (QED) is 0.811. The minimum Gasteiger partial charge on any atom is -0.482 e. The number of carbonyl (C=O) groups is 1. The van der Waals surface area contributed by atoms with E-state index in [1.165, 1.54) is 0 Å². The normalized spacial score (nSPS) is 11.1. The molecule has 0 atom stereocenters. The Morgan fingerprint density at radius 2 is 1.94 bits per heavy atom. The molecule has 0 amide bonds. The number of esters is 1. The van der Waals surface area contributed by atoms with Gasteiger partial charge in [0.05, 0.1) is 0 Å². The Balaban J connectivity index is 2.65. The van der Waals surface area contributed by atoms with Gasteiger partial charge in [0.25, 0.3) is 0 Å². The monoisotopic (exact) mass is 251 g/mol. The predicted octanol–water partition coefficient (Wildman–Crippen LogP) is 1.86. The largest absolute Gasteiger partial charge is 0.482 e. The van der Waals surface area contributed by atoms with E-state index >= 15 is 0 Å². The van der Waals surface area contributed by atoms with E-state index in [-0.39, 0.29) is 18.6 Å². The molecule has 0 saturated heterocycles. The molecule has 4 nitrogen and oxygen atoms in total. The first-order valence-electron chi connectivity index (χ1n) is 6.03. The molecule has 0 radical (unpaired) electrons. The first-order valence-corrected chi connectivity index (χ1v) is 6.03. The zero-order chi connectivity index (χ0) is 13.6. The van der Waals surface area contributed by atoms with Crippen LogP contribution in [0.1, 0.15) is 26.3 Å². The molecule has 0 aliphatic carbocycles. The number of rotatable bonds is 5. The van der Waals surface area contributed by atoms with Crippen molar-refractivity contribution in [3.63, 3.8) is 0 Å². The summed E-state index contributed by atoms with van der Waals surface area (Å²) in [5, 5.41) is 0. The maximum atomic E-state index is 11.3. The minimum absolute atomic E-state index is 0.0300. The molecular formula is C14H21NO3. The summed E-state index contributed by atoms with van der Waals surface area (Å²) in [5.74, 6) is 0.318. The summed E-state index contributed by atoms with van der Waals surface area (Å²) >= 11 is 0. The highest BCUT2D eigenvalue weighted by molar-refractivity contribution is 5.71. The number of hydrogen-bond acceptors (Lipinski definition) is 4. The van der Waals surface area contributed by atoms with Crippen LogP contribution >= 0.6 is 0 Å². The second kappa shape index (κ2) is 6.40. The van der Waals surface area contributed by atoms with Crippen LogP contribution in [-0.4, -0.2) is 25.7 Å². The molecule has 0 bridgehead atoms. The first kappa shape index (κ1) is 14.5. The van der Waals surface area contributed by atoms with Crippen LogP contribution < -0.4 is 10.5 Å². The van der Waals surface area contributed by atoms with Crippen molar-refractivity contribution in [3.8, 4) is 5.75 Å². The Kier molecular flexibility index (Phi) is 5.16. The number of ether oxygens (including phenoxy) is 2. The first-order chi connectivity index (χ1) is 8.45. The predicted molar refractivity (Wildman–Crippen MR) is 70.7 cm³/mol. The lowest BCUT2D eigenvalue weighted by molar-refractivity contribution is -0.145. The van der Waals surface area contributed by atoms with Gasteiger partial charge in [0, 0.05) is 6.54 Å². The molecule has 100 valence electrons. The van der Waals surface area contributed by atoms with E-state index in [2.05, 4.69) is 20.8 Å². The molecule has 0 fully saturated rings. The molecule has 18 heavy (non-hydrogen) atoms. The third-order valence-electron chi connectivity index (χ3n) is 2.42. The molecule has 0 aliphatic heterocycles. The molecule has 2 N–H and O–H groups in total. The molecule has 0 aromatic heterocycles. The molecular weight excluding hydrogens is 230 g/mol. The fourth-order valence-electron chi connectivity index (χ4n) is 1.56. The molecule has 1 aromatic rings. The molecule has 0 saturated carbocycles. The topological polar surface area (TPSA) is 61.5 Å². The Hall–Kier alpha value is -1.55. The van der Waals surface area contributed by atoms with Crippen LogP contribution in [0.3, 0.4) is 0 Å². The van der Waals surface area contributed by atoms with E-state index < -0.39 is 5.97 Å². The van der Waals surface area contributed by atoms with Crippen molar-refractivity contribution in [2.24, 2.45) is 5.73 Å². The standard InChI is InChI=1S/C14H21NO3/c1-14(2,3)11-6-4-5-7-12(11)18-10-13(16)17-9-8-15/h4-7H,8-10,15H2,1-3H3. The molecule has 0 spiro atoms. The Labute approximate surface area is 108 Å². The summed E-state index contributed by atoms with van der Waals surface area (Å²) in [6.45, 7) is 6.76. The van der Waals surface area contributed by atoms with Crippen molar-refractivity contribution in [3.05, 3.63) is 29.8 Å². The average Bonchev–Trinajstić information content (AvgIpc) is 2.33. The highest BCUT2D eigenvalue weighted by Gasteiger charge is 2.18. The van der Waals surface area contributed by atoms with Gasteiger partial charge in [-0.25, -0.2) is 4.79 Å². The van der Waals surface area contributed by atoms with Gasteiger partial charge in [0.2, 0.25) is 0 Å². The maximum Gasteiger partial charge on any atom is 0.344 e.